The molecule has 0 fully saturated rings. The van der Waals surface area contributed by atoms with E-state index in [0.717, 1.165) is 23.0 Å². The largest absolute Gasteiger partial charge is 0.348 e. The lowest BCUT2D eigenvalue weighted by molar-refractivity contribution is 0.431. The van der Waals surface area contributed by atoms with Crippen LogP contribution >= 0.6 is 11.6 Å². The van der Waals surface area contributed by atoms with Crippen molar-refractivity contribution < 1.29 is 0 Å². The molecule has 1 aliphatic heterocycles. The maximum Gasteiger partial charge on any atom is 0.222 e. The number of hydrogen-bond donors (Lipinski definition) is 1. The van der Waals surface area contributed by atoms with Crippen molar-refractivity contribution in [2.45, 2.75) is 18.5 Å². The minimum absolute atomic E-state index is 0.127. The van der Waals surface area contributed by atoms with Gasteiger partial charge in [-0.25, -0.2) is 4.68 Å². The van der Waals surface area contributed by atoms with E-state index in [4.69, 9.17) is 11.6 Å². The second-order valence-electron chi connectivity index (χ2n) is 5.44. The molecule has 0 amide bonds. The number of fused-ring (bicyclic) bond motifs is 1. The molecule has 22 heavy (non-hydrogen) atoms. The summed E-state index contributed by atoms with van der Waals surface area (Å²) in [5, 5.41) is 8.58. The molecule has 2 aromatic carbocycles. The molecule has 1 N–H and O–H groups in total. The van der Waals surface area contributed by atoms with E-state index >= 15 is 0 Å². The van der Waals surface area contributed by atoms with Crippen LogP contribution in [0.15, 0.2) is 60.9 Å². The molecule has 2 heterocycles. The first-order chi connectivity index (χ1) is 10.8. The maximum absolute atomic E-state index is 6.16. The number of nitrogens with one attached hydrogen (secondary N) is 1. The summed E-state index contributed by atoms with van der Waals surface area (Å²) in [5.41, 5.74) is 2.41. The highest BCUT2D eigenvalue weighted by Crippen LogP contribution is 2.37. The number of aromatic nitrogens is 3. The summed E-state index contributed by atoms with van der Waals surface area (Å²) in [6, 6.07) is 18.7. The first kappa shape index (κ1) is 13.3. The van der Waals surface area contributed by atoms with Crippen LogP contribution in [0.25, 0.3) is 0 Å². The van der Waals surface area contributed by atoms with E-state index in [2.05, 4.69) is 45.7 Å². The highest BCUT2D eigenvalue weighted by atomic mass is 35.5. The van der Waals surface area contributed by atoms with Crippen LogP contribution in [0.5, 0.6) is 0 Å². The molecule has 0 aliphatic carbocycles. The fourth-order valence-electron chi connectivity index (χ4n) is 3.02. The van der Waals surface area contributed by atoms with Crippen molar-refractivity contribution in [3.05, 3.63) is 77.1 Å². The van der Waals surface area contributed by atoms with E-state index in [9.17, 15) is 0 Å². The molecule has 2 atom stereocenters. The molecule has 0 radical (unpaired) electrons. The number of rotatable bonds is 2. The number of benzene rings is 2. The molecule has 5 heteroatoms. The average Bonchev–Trinajstić information content (AvgIpc) is 3.03. The van der Waals surface area contributed by atoms with Gasteiger partial charge in [-0.05, 0) is 29.7 Å². The van der Waals surface area contributed by atoms with Crippen LogP contribution in [0.2, 0.25) is 5.02 Å². The van der Waals surface area contributed by atoms with Gasteiger partial charge < -0.3 is 5.32 Å². The van der Waals surface area contributed by atoms with Crippen LogP contribution in [-0.4, -0.2) is 14.8 Å². The molecular formula is C17H15ClN4. The van der Waals surface area contributed by atoms with Gasteiger partial charge in [0.05, 0.1) is 12.1 Å². The predicted molar refractivity (Wildman–Crippen MR) is 87.0 cm³/mol. The molecule has 4 nitrogen and oxygen atoms in total. The van der Waals surface area contributed by atoms with Crippen molar-refractivity contribution in [2.75, 3.05) is 5.32 Å². The maximum atomic E-state index is 6.16. The molecule has 0 bridgehead atoms. The van der Waals surface area contributed by atoms with Gasteiger partial charge in [0.15, 0.2) is 0 Å². The van der Waals surface area contributed by atoms with Crippen LogP contribution in [-0.2, 0) is 0 Å². The van der Waals surface area contributed by atoms with E-state index < -0.39 is 0 Å². The highest BCUT2D eigenvalue weighted by Gasteiger charge is 2.29. The van der Waals surface area contributed by atoms with Crippen molar-refractivity contribution in [2.24, 2.45) is 0 Å². The summed E-state index contributed by atoms with van der Waals surface area (Å²) in [6.45, 7) is 0. The third-order valence-electron chi connectivity index (χ3n) is 4.07. The lowest BCUT2D eigenvalue weighted by Gasteiger charge is -2.31. The third kappa shape index (κ3) is 2.35. The van der Waals surface area contributed by atoms with Crippen LogP contribution in [0.1, 0.15) is 29.6 Å². The molecule has 3 aromatic rings. The fraction of sp³-hybridized carbons (Fsp3) is 0.176. The van der Waals surface area contributed by atoms with Crippen molar-refractivity contribution in [3.8, 4) is 0 Å². The zero-order chi connectivity index (χ0) is 14.9. The Morgan fingerprint density at radius 2 is 1.86 bits per heavy atom. The van der Waals surface area contributed by atoms with Gasteiger partial charge in [0, 0.05) is 5.02 Å². The van der Waals surface area contributed by atoms with Crippen molar-refractivity contribution in [1.82, 2.24) is 14.8 Å². The lowest BCUT2D eigenvalue weighted by atomic mass is 9.93. The zero-order valence-corrected chi connectivity index (χ0v) is 12.6. The quantitative estimate of drug-likeness (QED) is 0.775. The van der Waals surface area contributed by atoms with Gasteiger partial charge in [0.2, 0.25) is 5.95 Å². The predicted octanol–water partition coefficient (Wildman–Crippen LogP) is 4.08. The smallest absolute Gasteiger partial charge is 0.222 e. The van der Waals surface area contributed by atoms with E-state index in [1.54, 1.807) is 6.33 Å². The van der Waals surface area contributed by atoms with Gasteiger partial charge in [-0.2, -0.15) is 10.1 Å². The van der Waals surface area contributed by atoms with Crippen LogP contribution in [0.3, 0.4) is 0 Å². The minimum Gasteiger partial charge on any atom is -0.348 e. The molecule has 1 aliphatic rings. The van der Waals surface area contributed by atoms with Crippen LogP contribution in [0.4, 0.5) is 5.95 Å². The van der Waals surface area contributed by atoms with Crippen molar-refractivity contribution in [3.63, 3.8) is 0 Å². The molecule has 0 spiro atoms. The summed E-state index contributed by atoms with van der Waals surface area (Å²) >= 11 is 6.16. The molecule has 1 aromatic heterocycles. The van der Waals surface area contributed by atoms with Crippen molar-refractivity contribution in [1.29, 1.82) is 0 Å². The Morgan fingerprint density at radius 3 is 2.68 bits per heavy atom. The molecule has 0 saturated carbocycles. The van der Waals surface area contributed by atoms with Gasteiger partial charge in [0.25, 0.3) is 0 Å². The Hall–Kier alpha value is -2.33. The Morgan fingerprint density at radius 1 is 1.05 bits per heavy atom. The fourth-order valence-corrected chi connectivity index (χ4v) is 3.21. The van der Waals surface area contributed by atoms with Gasteiger partial charge in [-0.3, -0.25) is 0 Å². The van der Waals surface area contributed by atoms with E-state index in [0.29, 0.717) is 0 Å². The Balaban J connectivity index is 1.75. The SMILES string of the molecule is Clc1cccc([C@H]2C[C@H](c3ccccc3)Nc3ncnn32)c1. The molecular weight excluding hydrogens is 296 g/mol. The lowest BCUT2D eigenvalue weighted by Crippen LogP contribution is -2.28. The number of halogens is 1. The van der Waals surface area contributed by atoms with Gasteiger partial charge in [-0.1, -0.05) is 54.1 Å². The monoisotopic (exact) mass is 310 g/mol. The normalized spacial score (nSPS) is 20.2. The summed E-state index contributed by atoms with van der Waals surface area (Å²) in [6.07, 6.45) is 2.49. The number of anilines is 1. The first-order valence-electron chi connectivity index (χ1n) is 7.28. The Kier molecular flexibility index (Phi) is 3.31. The highest BCUT2D eigenvalue weighted by molar-refractivity contribution is 6.30. The van der Waals surface area contributed by atoms with E-state index in [-0.39, 0.29) is 12.1 Å². The first-order valence-corrected chi connectivity index (χ1v) is 7.65. The van der Waals surface area contributed by atoms with Gasteiger partial charge in [0.1, 0.15) is 6.33 Å². The summed E-state index contributed by atoms with van der Waals surface area (Å²) in [5.74, 6) is 0.796. The standard InChI is InChI=1S/C17H15ClN4/c18-14-8-4-7-13(9-14)16-10-15(12-5-2-1-3-6-12)21-17-19-11-20-22(16)17/h1-9,11,15-16H,10H2,(H,19,20,21)/t15-,16-/m1/s1. The number of hydrogen-bond acceptors (Lipinski definition) is 3. The molecule has 110 valence electrons. The van der Waals surface area contributed by atoms with E-state index in [1.807, 2.05) is 28.9 Å². The Bertz CT molecular complexity index is 784. The van der Waals surface area contributed by atoms with E-state index in [1.165, 1.54) is 5.56 Å². The minimum atomic E-state index is 0.127. The van der Waals surface area contributed by atoms with Gasteiger partial charge in [-0.15, -0.1) is 0 Å². The molecule has 0 saturated heterocycles. The van der Waals surface area contributed by atoms with Crippen LogP contribution < -0.4 is 5.32 Å². The Labute approximate surface area is 133 Å². The summed E-state index contributed by atoms with van der Waals surface area (Å²) < 4.78 is 1.94. The summed E-state index contributed by atoms with van der Waals surface area (Å²) in [7, 11) is 0. The topological polar surface area (TPSA) is 42.7 Å². The van der Waals surface area contributed by atoms with Crippen molar-refractivity contribution >= 4 is 17.5 Å². The molecule has 0 unspecified atom stereocenters. The number of nitrogens with zero attached hydrogens (tertiary/aromatic N) is 3. The second kappa shape index (κ2) is 5.46. The second-order valence-corrected chi connectivity index (χ2v) is 5.88. The average molecular weight is 311 g/mol. The zero-order valence-electron chi connectivity index (χ0n) is 11.9. The summed E-state index contributed by atoms with van der Waals surface area (Å²) in [4.78, 5) is 4.34. The van der Waals surface area contributed by atoms with Gasteiger partial charge >= 0.3 is 0 Å². The molecule has 4 rings (SSSR count). The third-order valence-corrected chi connectivity index (χ3v) is 4.30. The van der Waals surface area contributed by atoms with Crippen LogP contribution in [0, 0.1) is 0 Å².